The fourth-order valence-corrected chi connectivity index (χ4v) is 3.63. The standard InChI is InChI=1S/C17H19ClN2OS/c18-15-4-1-3-14(11-15)13-19-6-8-20(9-7-19)17(21)12-16-5-2-10-22-16/h1-5,10-11H,6-9,12-13H2. The molecule has 1 aromatic heterocycles. The van der Waals surface area contributed by atoms with Crippen LogP contribution in [0.3, 0.4) is 0 Å². The second-order valence-corrected chi connectivity index (χ2v) is 7.01. The number of thiophene rings is 1. The Morgan fingerprint density at radius 3 is 2.64 bits per heavy atom. The molecular formula is C17H19ClN2OS. The van der Waals surface area contributed by atoms with Crippen LogP contribution in [0.2, 0.25) is 5.02 Å². The molecule has 1 aromatic carbocycles. The van der Waals surface area contributed by atoms with Crippen LogP contribution in [0.4, 0.5) is 0 Å². The third-order valence-electron chi connectivity index (χ3n) is 3.93. The Morgan fingerprint density at radius 1 is 1.14 bits per heavy atom. The van der Waals surface area contributed by atoms with Crippen molar-refractivity contribution in [2.45, 2.75) is 13.0 Å². The minimum absolute atomic E-state index is 0.241. The van der Waals surface area contributed by atoms with Gasteiger partial charge in [-0.15, -0.1) is 11.3 Å². The molecule has 2 aromatic rings. The summed E-state index contributed by atoms with van der Waals surface area (Å²) in [5.41, 5.74) is 1.23. The van der Waals surface area contributed by atoms with Crippen LogP contribution in [-0.2, 0) is 17.8 Å². The normalized spacial score (nSPS) is 16.0. The highest BCUT2D eigenvalue weighted by Gasteiger charge is 2.21. The first kappa shape index (κ1) is 15.5. The number of rotatable bonds is 4. The smallest absolute Gasteiger partial charge is 0.227 e. The molecule has 0 saturated carbocycles. The van der Waals surface area contributed by atoms with Crippen LogP contribution in [0, 0.1) is 0 Å². The van der Waals surface area contributed by atoms with Gasteiger partial charge in [-0.05, 0) is 29.1 Å². The van der Waals surface area contributed by atoms with Crippen molar-refractivity contribution in [3.8, 4) is 0 Å². The molecule has 0 spiro atoms. The molecule has 0 atom stereocenters. The lowest BCUT2D eigenvalue weighted by Crippen LogP contribution is -2.48. The Balaban J connectivity index is 1.49. The van der Waals surface area contributed by atoms with E-state index in [2.05, 4.69) is 11.0 Å². The number of halogens is 1. The Morgan fingerprint density at radius 2 is 1.95 bits per heavy atom. The van der Waals surface area contributed by atoms with Crippen LogP contribution < -0.4 is 0 Å². The van der Waals surface area contributed by atoms with Crippen LogP contribution in [-0.4, -0.2) is 41.9 Å². The van der Waals surface area contributed by atoms with E-state index < -0.39 is 0 Å². The van der Waals surface area contributed by atoms with Gasteiger partial charge in [-0.3, -0.25) is 9.69 Å². The molecule has 22 heavy (non-hydrogen) atoms. The number of nitrogens with zero attached hydrogens (tertiary/aromatic N) is 2. The van der Waals surface area contributed by atoms with Crippen molar-refractivity contribution in [1.82, 2.24) is 9.80 Å². The first-order valence-electron chi connectivity index (χ1n) is 7.48. The van der Waals surface area contributed by atoms with Gasteiger partial charge in [0.25, 0.3) is 0 Å². The minimum atomic E-state index is 0.241. The molecular weight excluding hydrogens is 316 g/mol. The van der Waals surface area contributed by atoms with E-state index in [0.29, 0.717) is 6.42 Å². The third-order valence-corrected chi connectivity index (χ3v) is 5.04. The van der Waals surface area contributed by atoms with Gasteiger partial charge >= 0.3 is 0 Å². The highest BCUT2D eigenvalue weighted by atomic mass is 35.5. The Kier molecular flexibility index (Phi) is 5.13. The van der Waals surface area contributed by atoms with E-state index in [0.717, 1.165) is 42.6 Å². The largest absolute Gasteiger partial charge is 0.340 e. The zero-order chi connectivity index (χ0) is 15.4. The Bertz CT molecular complexity index is 621. The van der Waals surface area contributed by atoms with Crippen LogP contribution in [0.5, 0.6) is 0 Å². The van der Waals surface area contributed by atoms with Crippen molar-refractivity contribution < 1.29 is 4.79 Å². The maximum absolute atomic E-state index is 12.3. The topological polar surface area (TPSA) is 23.6 Å². The maximum atomic E-state index is 12.3. The SMILES string of the molecule is O=C(Cc1cccs1)N1CCN(Cc2cccc(Cl)c2)CC1. The van der Waals surface area contributed by atoms with Gasteiger partial charge < -0.3 is 4.90 Å². The Labute approximate surface area is 140 Å². The second kappa shape index (κ2) is 7.27. The molecule has 1 aliphatic rings. The predicted molar refractivity (Wildman–Crippen MR) is 91.3 cm³/mol. The number of benzene rings is 1. The van der Waals surface area contributed by atoms with Gasteiger partial charge in [0.15, 0.2) is 0 Å². The number of hydrogen-bond donors (Lipinski definition) is 0. The molecule has 3 nitrogen and oxygen atoms in total. The van der Waals surface area contributed by atoms with Gasteiger partial charge in [0.1, 0.15) is 0 Å². The van der Waals surface area contributed by atoms with Crippen molar-refractivity contribution in [2.24, 2.45) is 0 Å². The quantitative estimate of drug-likeness (QED) is 0.856. The summed E-state index contributed by atoms with van der Waals surface area (Å²) in [6.07, 6.45) is 0.534. The molecule has 1 aliphatic heterocycles. The highest BCUT2D eigenvalue weighted by molar-refractivity contribution is 7.10. The summed E-state index contributed by atoms with van der Waals surface area (Å²) in [5.74, 6) is 0.241. The van der Waals surface area contributed by atoms with Crippen LogP contribution in [0.25, 0.3) is 0 Å². The molecule has 2 heterocycles. The molecule has 1 saturated heterocycles. The lowest BCUT2D eigenvalue weighted by atomic mass is 10.2. The molecule has 3 rings (SSSR count). The summed E-state index contributed by atoms with van der Waals surface area (Å²) in [5, 5.41) is 2.80. The van der Waals surface area contributed by atoms with Gasteiger partial charge in [0.05, 0.1) is 6.42 Å². The highest BCUT2D eigenvalue weighted by Crippen LogP contribution is 2.15. The summed E-state index contributed by atoms with van der Waals surface area (Å²) >= 11 is 7.67. The average molecular weight is 335 g/mol. The predicted octanol–water partition coefficient (Wildman–Crippen LogP) is 3.29. The maximum Gasteiger partial charge on any atom is 0.227 e. The second-order valence-electron chi connectivity index (χ2n) is 5.54. The average Bonchev–Trinajstić information content (AvgIpc) is 3.01. The number of amides is 1. The molecule has 116 valence electrons. The lowest BCUT2D eigenvalue weighted by Gasteiger charge is -2.34. The lowest BCUT2D eigenvalue weighted by molar-refractivity contribution is -0.132. The van der Waals surface area contributed by atoms with Gasteiger partial charge in [-0.25, -0.2) is 0 Å². The monoisotopic (exact) mass is 334 g/mol. The molecule has 0 radical (unpaired) electrons. The minimum Gasteiger partial charge on any atom is -0.340 e. The molecule has 0 bridgehead atoms. The zero-order valence-electron chi connectivity index (χ0n) is 12.4. The third kappa shape index (κ3) is 4.09. The summed E-state index contributed by atoms with van der Waals surface area (Å²) in [7, 11) is 0. The number of carbonyl (C=O) groups is 1. The van der Waals surface area contributed by atoms with Gasteiger partial charge in [0, 0.05) is 42.6 Å². The van der Waals surface area contributed by atoms with Crippen molar-refractivity contribution >= 4 is 28.8 Å². The van der Waals surface area contributed by atoms with E-state index in [4.69, 9.17) is 11.6 Å². The number of hydrogen-bond acceptors (Lipinski definition) is 3. The molecule has 0 aliphatic carbocycles. The van der Waals surface area contributed by atoms with Crippen LogP contribution >= 0.6 is 22.9 Å². The molecule has 1 fully saturated rings. The summed E-state index contributed by atoms with van der Waals surface area (Å²) in [6, 6.07) is 12.0. The van der Waals surface area contributed by atoms with Crippen molar-refractivity contribution in [3.05, 3.63) is 57.2 Å². The summed E-state index contributed by atoms with van der Waals surface area (Å²) < 4.78 is 0. The summed E-state index contributed by atoms with van der Waals surface area (Å²) in [4.78, 5) is 17.8. The van der Waals surface area contributed by atoms with Crippen LogP contribution in [0.1, 0.15) is 10.4 Å². The van der Waals surface area contributed by atoms with Crippen LogP contribution in [0.15, 0.2) is 41.8 Å². The molecule has 0 N–H and O–H groups in total. The molecule has 5 heteroatoms. The molecule has 0 unspecified atom stereocenters. The van der Waals surface area contributed by atoms with E-state index in [9.17, 15) is 4.79 Å². The first-order chi connectivity index (χ1) is 10.7. The van der Waals surface area contributed by atoms with Crippen molar-refractivity contribution in [3.63, 3.8) is 0 Å². The van der Waals surface area contributed by atoms with Gasteiger partial charge in [0.2, 0.25) is 5.91 Å². The van der Waals surface area contributed by atoms with E-state index in [1.165, 1.54) is 5.56 Å². The van der Waals surface area contributed by atoms with E-state index in [-0.39, 0.29) is 5.91 Å². The Hall–Kier alpha value is -1.36. The fraction of sp³-hybridized carbons (Fsp3) is 0.353. The van der Waals surface area contributed by atoms with Crippen molar-refractivity contribution in [1.29, 1.82) is 0 Å². The van der Waals surface area contributed by atoms with Gasteiger partial charge in [-0.2, -0.15) is 0 Å². The van der Waals surface area contributed by atoms with Gasteiger partial charge in [-0.1, -0.05) is 29.8 Å². The zero-order valence-corrected chi connectivity index (χ0v) is 13.9. The molecule has 1 amide bonds. The number of piperazine rings is 1. The fourth-order valence-electron chi connectivity index (χ4n) is 2.72. The summed E-state index contributed by atoms with van der Waals surface area (Å²) in [6.45, 7) is 4.36. The van der Waals surface area contributed by atoms with E-state index in [1.807, 2.05) is 40.6 Å². The van der Waals surface area contributed by atoms with E-state index >= 15 is 0 Å². The van der Waals surface area contributed by atoms with E-state index in [1.54, 1.807) is 11.3 Å². The van der Waals surface area contributed by atoms with Crippen molar-refractivity contribution in [2.75, 3.05) is 26.2 Å². The first-order valence-corrected chi connectivity index (χ1v) is 8.73. The number of carbonyl (C=O) groups excluding carboxylic acids is 1.